The number of hydrogen-bond acceptors (Lipinski definition) is 15. The third-order valence-electron chi connectivity index (χ3n) is 11.4. The van der Waals surface area contributed by atoms with E-state index in [1.165, 1.54) is 34.1 Å². The van der Waals surface area contributed by atoms with Gasteiger partial charge in [-0.15, -0.1) is 53.6 Å². The second kappa shape index (κ2) is 50.1. The molecular weight excluding hydrogens is 2760 g/mol. The van der Waals surface area contributed by atoms with Crippen molar-refractivity contribution in [2.45, 2.75) is 236 Å². The second-order valence-corrected chi connectivity index (χ2v) is 30.4. The Hall–Kier alpha value is -0.309. The predicted octanol–water partition coefficient (Wildman–Crippen LogP) is 16.1. The number of nitrogens with zero attached hydrogens (tertiary/aromatic N) is 12. The number of oxazole rings is 2. The number of aryl methyl sites for hydroxylation is 3. The Bertz CT molecular complexity index is 2660. The third kappa shape index (κ3) is 48.2. The summed E-state index contributed by atoms with van der Waals surface area (Å²) in [5.41, 5.74) is 11.8. The molecule has 9 aromatic heterocycles. The fourth-order valence-electron chi connectivity index (χ4n) is 5.68. The van der Waals surface area contributed by atoms with Gasteiger partial charge in [0.05, 0.1) is 0 Å². The van der Waals surface area contributed by atoms with Crippen molar-refractivity contribution in [2.75, 3.05) is 0 Å². The topological polar surface area (TPSA) is 183 Å². The van der Waals surface area contributed by atoms with Crippen LogP contribution in [-0.4, -0.2) is 58.8 Å². The van der Waals surface area contributed by atoms with Gasteiger partial charge in [-0.2, -0.15) is 40.4 Å². The maximum atomic E-state index is 4.96. The van der Waals surface area contributed by atoms with Crippen molar-refractivity contribution < 1.29 is 202 Å². The minimum Gasteiger partial charge on any atom is -0.581 e. The van der Waals surface area contributed by atoms with Crippen molar-refractivity contribution in [1.29, 1.82) is 0 Å². The van der Waals surface area contributed by atoms with Crippen LogP contribution in [0, 0.1) is 55.6 Å². The van der Waals surface area contributed by atoms with Crippen LogP contribution in [0.5, 0.6) is 0 Å². The molecule has 9 radical (unpaired) electrons. The van der Waals surface area contributed by atoms with Gasteiger partial charge in [0.15, 0.2) is 0 Å². The molecule has 0 unspecified atom stereocenters. The van der Waals surface area contributed by atoms with Crippen molar-refractivity contribution in [3.8, 4) is 0 Å². The zero-order chi connectivity index (χ0) is 64.8. The van der Waals surface area contributed by atoms with E-state index < -0.39 is 0 Å². The monoisotopic (exact) mass is 2870 g/mol. The molecule has 93 heavy (non-hydrogen) atoms. The van der Waals surface area contributed by atoms with Crippen LogP contribution in [0.25, 0.3) is 0 Å². The Kier molecular flexibility index (Phi) is 59.9. The van der Waals surface area contributed by atoms with Gasteiger partial charge in [-0.25, -0.2) is 10.3 Å². The molecule has 0 bridgehead atoms. The van der Waals surface area contributed by atoms with Gasteiger partial charge >= 0.3 is 0 Å². The SMILES string of the molecule is CC(C)(C)c1[c-]noc1.CC(C)(C)c1[c-]nsc1.CC(C)(C)c1c[c-]no1.CC(C)(C)c1cn[c-]o1.CC(C)(C)c1co[c-]n1.CC(C)(C)c1cs[c-]n1.Cn1[c-]nc(C(C)(C)C)c1.Cn1cc(C(C)(C)C)[c-]n1.Cn1n[c-]cc1C(C)(C)C.[Re].[Re].[Re].[Re].[Re].[Re].[Re].[Re].[Re]. The molecule has 0 aliphatic rings. The molecule has 16 nitrogen and oxygen atoms in total. The maximum absolute atomic E-state index is 4.96. The second-order valence-electron chi connectivity index (χ2n) is 29.2. The largest absolute Gasteiger partial charge is 0.581 e. The minimum atomic E-state index is 0. The number of imidazole rings is 1. The van der Waals surface area contributed by atoms with Crippen LogP contribution in [0.4, 0.5) is 0 Å². The molecule has 0 spiro atoms. The Morgan fingerprint density at radius 3 is 1.16 bits per heavy atom. The van der Waals surface area contributed by atoms with E-state index in [0.717, 1.165) is 39.7 Å². The molecule has 0 amide bonds. The van der Waals surface area contributed by atoms with Crippen LogP contribution < -0.4 is 0 Å². The van der Waals surface area contributed by atoms with Crippen molar-refractivity contribution in [3.05, 3.63) is 161 Å². The summed E-state index contributed by atoms with van der Waals surface area (Å²) in [7, 11) is 5.78. The predicted molar refractivity (Wildman–Crippen MR) is 338 cm³/mol. The molecule has 9 aromatic rings. The Morgan fingerprint density at radius 1 is 0.441 bits per heavy atom. The van der Waals surface area contributed by atoms with E-state index in [9.17, 15) is 0 Å². The van der Waals surface area contributed by atoms with E-state index in [2.05, 4.69) is 292 Å². The number of thiazole rings is 1. The number of aromatic nitrogens is 12. The standard InChI is InChI=1S/3C8H13N2.4C7H10NO.2C7H10NS.9Re/c1-8(2,3)7-5-10(4)6-9-7;1-8(2,3)7-5-9-10(4)6-7;1-8(2,3)7-5-6-9-10(7)4;1-7(2,3)6-4-9-5-8-6;1-7(2,3)6-4-8-5-9-6;1-7(2,3)6-4-8-9-5-6;1-7(2,3)6-4-5-8-9-6;1-7(2,3)6-4-9-5-8-6;1-7(2,3)6-4-8-9-5-6;;;;;;;;;/h5H,1-4H3;6H,1-4H3;5H,1-4H3;2*4H,1-3H3;5H,1-3H3;2*4H,1-3H3;5H,1-3H3;;;;;;;;;/q9*-1;;;;;;;;;. The zero-order valence-electron chi connectivity index (χ0n) is 59.9. The van der Waals surface area contributed by atoms with Crippen LogP contribution in [0.2, 0.25) is 0 Å². The molecule has 0 N–H and O–H groups in total. The van der Waals surface area contributed by atoms with Gasteiger partial charge in [-0.1, -0.05) is 233 Å². The van der Waals surface area contributed by atoms with Gasteiger partial charge in [0.25, 0.3) is 0 Å². The van der Waals surface area contributed by atoms with Crippen LogP contribution in [0.1, 0.15) is 238 Å². The first kappa shape index (κ1) is 111. The van der Waals surface area contributed by atoms with Crippen molar-refractivity contribution in [3.63, 3.8) is 0 Å². The molecule has 27 heteroatoms. The van der Waals surface area contributed by atoms with Crippen molar-refractivity contribution in [1.82, 2.24) is 58.8 Å². The number of hydrogen-bond donors (Lipinski definition) is 0. The first-order valence-electron chi connectivity index (χ1n) is 27.8. The molecule has 0 aromatic carbocycles. The molecule has 9 heterocycles. The van der Waals surface area contributed by atoms with Crippen molar-refractivity contribution in [2.24, 2.45) is 21.1 Å². The first-order valence-corrected chi connectivity index (χ1v) is 29.5. The molecule has 0 saturated heterocycles. The van der Waals surface area contributed by atoms with E-state index in [1.807, 2.05) is 59.6 Å². The fourth-order valence-corrected chi connectivity index (χ4v) is 7.12. The Labute approximate surface area is 692 Å². The van der Waals surface area contributed by atoms with Crippen LogP contribution >= 0.6 is 22.9 Å². The van der Waals surface area contributed by atoms with Crippen molar-refractivity contribution >= 4 is 22.9 Å². The van der Waals surface area contributed by atoms with Gasteiger partial charge in [-0.05, 0) is 69.1 Å². The summed E-state index contributed by atoms with van der Waals surface area (Å²) in [6.45, 7) is 57.3. The summed E-state index contributed by atoms with van der Waals surface area (Å²) in [5.74, 6) is 1.75. The maximum Gasteiger partial charge on any atom is 0.102 e. The van der Waals surface area contributed by atoms with Gasteiger partial charge < -0.3 is 66.3 Å². The molecule has 531 valence electrons. The molecule has 0 atom stereocenters. The smallest absolute Gasteiger partial charge is 0.102 e. The van der Waals surface area contributed by atoms with E-state index in [1.54, 1.807) is 29.5 Å². The first-order chi connectivity index (χ1) is 38.1. The van der Waals surface area contributed by atoms with E-state index in [0.29, 0.717) is 0 Å². The molecular formula is C66H99N12O4Re9S2-9. The van der Waals surface area contributed by atoms with Gasteiger partial charge in [-0.3, -0.25) is 11.3 Å². The van der Waals surface area contributed by atoms with Crippen LogP contribution in [0.3, 0.4) is 0 Å². The molecule has 0 fully saturated rings. The average molecular weight is 2860 g/mol. The van der Waals surface area contributed by atoms with Crippen LogP contribution in [0.15, 0.2) is 71.9 Å². The Balaban J connectivity index is -0.000000121. The quantitative estimate of drug-likeness (QED) is 0.131. The zero-order valence-corrected chi connectivity index (χ0v) is 86.0. The molecule has 9 rings (SSSR count). The molecule has 0 aliphatic heterocycles. The van der Waals surface area contributed by atoms with Gasteiger partial charge in [0.2, 0.25) is 0 Å². The molecule has 0 saturated carbocycles. The van der Waals surface area contributed by atoms with E-state index >= 15 is 0 Å². The Morgan fingerprint density at radius 2 is 0.968 bits per heavy atom. The summed E-state index contributed by atoms with van der Waals surface area (Å²) in [6, 6.07) is 3.69. The molecule has 0 aliphatic carbocycles. The average Bonchev–Trinajstić information content (AvgIpc) is 3.75. The number of rotatable bonds is 0. The summed E-state index contributed by atoms with van der Waals surface area (Å²) < 4.78 is 28.6. The van der Waals surface area contributed by atoms with E-state index in [-0.39, 0.29) is 233 Å². The van der Waals surface area contributed by atoms with Crippen LogP contribution in [-0.2, 0) is 254 Å². The summed E-state index contributed by atoms with van der Waals surface area (Å²) in [4.78, 5) is 15.8. The summed E-state index contributed by atoms with van der Waals surface area (Å²) in [6.07, 6.45) is 30.7. The summed E-state index contributed by atoms with van der Waals surface area (Å²) >= 11 is 2.99. The third-order valence-corrected chi connectivity index (χ3v) is 12.4. The normalized spacial score (nSPS) is 10.8. The summed E-state index contributed by atoms with van der Waals surface area (Å²) in [5, 5.41) is 19.0. The fraction of sp³-hybridized carbons (Fsp3) is 0.591. The van der Waals surface area contributed by atoms with E-state index in [4.69, 9.17) is 13.4 Å². The van der Waals surface area contributed by atoms with Gasteiger partial charge in [0, 0.05) is 204 Å². The van der Waals surface area contributed by atoms with Gasteiger partial charge in [0.1, 0.15) is 12.8 Å². The minimum absolute atomic E-state index is 0.